The first-order chi connectivity index (χ1) is 8.01. The quantitative estimate of drug-likeness (QED) is 0.902. The molecule has 0 unspecified atom stereocenters. The first kappa shape index (κ1) is 12.2. The highest BCUT2D eigenvalue weighted by Crippen LogP contribution is 2.40. The van der Waals surface area contributed by atoms with E-state index in [4.69, 9.17) is 21.4 Å². The van der Waals surface area contributed by atoms with E-state index in [0.29, 0.717) is 18.6 Å². The van der Waals surface area contributed by atoms with E-state index in [1.165, 1.54) is 18.2 Å². The second-order valence-electron chi connectivity index (χ2n) is 4.29. The van der Waals surface area contributed by atoms with Gasteiger partial charge in [0, 0.05) is 6.07 Å². The molecule has 1 aromatic carbocycles. The van der Waals surface area contributed by atoms with Crippen LogP contribution < -0.4 is 4.74 Å². The molecule has 0 amide bonds. The van der Waals surface area contributed by atoms with Gasteiger partial charge in [-0.15, -0.1) is 0 Å². The molecular formula is C12H12ClFO3. The van der Waals surface area contributed by atoms with E-state index in [-0.39, 0.29) is 11.4 Å². The van der Waals surface area contributed by atoms with Gasteiger partial charge in [0.2, 0.25) is 0 Å². The molecule has 1 N–H and O–H groups in total. The van der Waals surface area contributed by atoms with E-state index in [1.54, 1.807) is 0 Å². The third-order valence-electron chi connectivity index (χ3n) is 2.96. The van der Waals surface area contributed by atoms with Crippen LogP contribution in [0.5, 0.6) is 5.75 Å². The molecule has 1 aliphatic carbocycles. The lowest BCUT2D eigenvalue weighted by Gasteiger charge is -2.40. The number of aliphatic carboxylic acids is 1. The van der Waals surface area contributed by atoms with Crippen molar-refractivity contribution >= 4 is 17.6 Å². The maximum Gasteiger partial charge on any atom is 0.307 e. The van der Waals surface area contributed by atoms with Crippen LogP contribution in [-0.2, 0) is 4.79 Å². The normalized spacial score (nSPS) is 17.3. The zero-order valence-corrected chi connectivity index (χ0v) is 9.84. The van der Waals surface area contributed by atoms with Crippen molar-refractivity contribution in [3.05, 3.63) is 29.0 Å². The molecule has 1 aromatic rings. The highest BCUT2D eigenvalue weighted by molar-refractivity contribution is 6.30. The molecule has 5 heteroatoms. The standard InChI is InChI=1S/C12H12ClFO3/c13-9-6-8(2-3-10(9)14)17-12(4-1-5-12)7-11(15)16/h2-3,6H,1,4-5,7H2,(H,15,16). The van der Waals surface area contributed by atoms with Crippen LogP contribution in [0.3, 0.4) is 0 Å². The lowest BCUT2D eigenvalue weighted by atomic mass is 9.77. The van der Waals surface area contributed by atoms with Gasteiger partial charge < -0.3 is 9.84 Å². The summed E-state index contributed by atoms with van der Waals surface area (Å²) in [4.78, 5) is 10.8. The number of halogens is 2. The van der Waals surface area contributed by atoms with E-state index >= 15 is 0 Å². The van der Waals surface area contributed by atoms with Crippen molar-refractivity contribution < 1.29 is 19.0 Å². The highest BCUT2D eigenvalue weighted by Gasteiger charge is 2.41. The minimum Gasteiger partial charge on any atom is -0.487 e. The smallest absolute Gasteiger partial charge is 0.307 e. The van der Waals surface area contributed by atoms with Crippen LogP contribution in [0.4, 0.5) is 4.39 Å². The predicted octanol–water partition coefficient (Wildman–Crippen LogP) is 3.26. The molecule has 0 radical (unpaired) electrons. The molecule has 1 fully saturated rings. The van der Waals surface area contributed by atoms with Crippen molar-refractivity contribution in [2.24, 2.45) is 0 Å². The van der Waals surface area contributed by atoms with Crippen LogP contribution in [0.15, 0.2) is 18.2 Å². The van der Waals surface area contributed by atoms with Crippen molar-refractivity contribution in [1.82, 2.24) is 0 Å². The molecule has 0 heterocycles. The zero-order valence-electron chi connectivity index (χ0n) is 9.08. The fourth-order valence-electron chi connectivity index (χ4n) is 1.95. The molecule has 0 spiro atoms. The first-order valence-corrected chi connectivity index (χ1v) is 5.74. The van der Waals surface area contributed by atoms with Crippen LogP contribution in [0.1, 0.15) is 25.7 Å². The summed E-state index contributed by atoms with van der Waals surface area (Å²) in [7, 11) is 0. The number of hydrogen-bond donors (Lipinski definition) is 1. The number of carbonyl (C=O) groups is 1. The van der Waals surface area contributed by atoms with Crippen LogP contribution in [0.2, 0.25) is 5.02 Å². The monoisotopic (exact) mass is 258 g/mol. The average Bonchev–Trinajstić information content (AvgIpc) is 2.19. The lowest BCUT2D eigenvalue weighted by molar-refractivity contribution is -0.144. The molecule has 17 heavy (non-hydrogen) atoms. The van der Waals surface area contributed by atoms with E-state index in [0.717, 1.165) is 6.42 Å². The molecule has 1 saturated carbocycles. The van der Waals surface area contributed by atoms with Crippen molar-refractivity contribution in [3.8, 4) is 5.75 Å². The van der Waals surface area contributed by atoms with Gasteiger partial charge in [-0.3, -0.25) is 4.79 Å². The summed E-state index contributed by atoms with van der Waals surface area (Å²) in [5, 5.41) is 8.80. The van der Waals surface area contributed by atoms with Gasteiger partial charge in [-0.1, -0.05) is 11.6 Å². The maximum absolute atomic E-state index is 13.0. The third-order valence-corrected chi connectivity index (χ3v) is 3.25. The number of carboxylic acid groups (broad SMARTS) is 1. The zero-order chi connectivity index (χ0) is 12.5. The Hall–Kier alpha value is -1.29. The minimum absolute atomic E-state index is 0.0210. The molecule has 0 aliphatic heterocycles. The first-order valence-electron chi connectivity index (χ1n) is 5.37. The van der Waals surface area contributed by atoms with E-state index < -0.39 is 17.4 Å². The fraction of sp³-hybridized carbons (Fsp3) is 0.417. The van der Waals surface area contributed by atoms with Gasteiger partial charge >= 0.3 is 5.97 Å². The van der Waals surface area contributed by atoms with Crippen molar-refractivity contribution in [2.75, 3.05) is 0 Å². The number of rotatable bonds is 4. The molecular weight excluding hydrogens is 247 g/mol. The lowest BCUT2D eigenvalue weighted by Crippen LogP contribution is -2.45. The van der Waals surface area contributed by atoms with Gasteiger partial charge in [0.15, 0.2) is 0 Å². The second-order valence-corrected chi connectivity index (χ2v) is 4.69. The Labute approximate surface area is 103 Å². The Morgan fingerprint density at radius 2 is 2.24 bits per heavy atom. The molecule has 92 valence electrons. The largest absolute Gasteiger partial charge is 0.487 e. The van der Waals surface area contributed by atoms with Crippen molar-refractivity contribution in [1.29, 1.82) is 0 Å². The van der Waals surface area contributed by atoms with Crippen LogP contribution in [0, 0.1) is 5.82 Å². The number of hydrogen-bond acceptors (Lipinski definition) is 2. The van der Waals surface area contributed by atoms with E-state index in [1.807, 2.05) is 0 Å². The summed E-state index contributed by atoms with van der Waals surface area (Å²) in [6.45, 7) is 0. The summed E-state index contributed by atoms with van der Waals surface area (Å²) in [6.07, 6.45) is 2.31. The van der Waals surface area contributed by atoms with Gasteiger partial charge in [0.05, 0.1) is 11.4 Å². The summed E-state index contributed by atoms with van der Waals surface area (Å²) in [5.74, 6) is -0.991. The fourth-order valence-corrected chi connectivity index (χ4v) is 2.12. The molecule has 0 saturated heterocycles. The summed E-state index contributed by atoms with van der Waals surface area (Å²) < 4.78 is 18.6. The van der Waals surface area contributed by atoms with Crippen LogP contribution in [-0.4, -0.2) is 16.7 Å². The van der Waals surface area contributed by atoms with Gasteiger partial charge in [-0.2, -0.15) is 0 Å². The predicted molar refractivity (Wildman–Crippen MR) is 60.9 cm³/mol. The van der Waals surface area contributed by atoms with Crippen molar-refractivity contribution in [3.63, 3.8) is 0 Å². The highest BCUT2D eigenvalue weighted by atomic mass is 35.5. The van der Waals surface area contributed by atoms with Gasteiger partial charge in [-0.25, -0.2) is 4.39 Å². The van der Waals surface area contributed by atoms with E-state index in [9.17, 15) is 9.18 Å². The van der Waals surface area contributed by atoms with Gasteiger partial charge in [0.1, 0.15) is 17.2 Å². The molecule has 2 rings (SSSR count). The Kier molecular flexibility index (Phi) is 3.24. The third kappa shape index (κ3) is 2.69. The second kappa shape index (κ2) is 4.53. The number of ether oxygens (including phenoxy) is 1. The summed E-state index contributed by atoms with van der Waals surface area (Å²) in [5.41, 5.74) is -0.646. The van der Waals surface area contributed by atoms with Crippen LogP contribution >= 0.6 is 11.6 Å². The van der Waals surface area contributed by atoms with Gasteiger partial charge in [0.25, 0.3) is 0 Å². The number of carboxylic acids is 1. The number of benzene rings is 1. The Bertz CT molecular complexity index is 443. The summed E-state index contributed by atoms with van der Waals surface area (Å²) in [6, 6.07) is 4.05. The Balaban J connectivity index is 2.13. The maximum atomic E-state index is 13.0. The van der Waals surface area contributed by atoms with E-state index in [2.05, 4.69) is 0 Å². The Morgan fingerprint density at radius 1 is 1.53 bits per heavy atom. The van der Waals surface area contributed by atoms with Crippen molar-refractivity contribution in [2.45, 2.75) is 31.3 Å². The molecule has 3 nitrogen and oxygen atoms in total. The minimum atomic E-state index is -0.891. The molecule has 1 aliphatic rings. The Morgan fingerprint density at radius 3 is 2.71 bits per heavy atom. The average molecular weight is 259 g/mol. The topological polar surface area (TPSA) is 46.5 Å². The molecule has 0 aromatic heterocycles. The molecule has 0 atom stereocenters. The van der Waals surface area contributed by atoms with Crippen LogP contribution in [0.25, 0.3) is 0 Å². The summed E-state index contributed by atoms with van der Waals surface area (Å²) >= 11 is 5.64. The SMILES string of the molecule is O=C(O)CC1(Oc2ccc(F)c(Cl)c2)CCC1. The molecule has 0 bridgehead atoms. The van der Waals surface area contributed by atoms with Gasteiger partial charge in [-0.05, 0) is 31.4 Å².